The molecule has 7 atom stereocenters. The van der Waals surface area contributed by atoms with Crippen molar-refractivity contribution in [3.8, 4) is 0 Å². The smallest absolute Gasteiger partial charge is 0.323 e. The molecule has 7 aliphatic rings. The molecule has 3 aliphatic heterocycles. The Morgan fingerprint density at radius 3 is 2.27 bits per heavy atom. The van der Waals surface area contributed by atoms with E-state index in [-0.39, 0.29) is 59.2 Å². The van der Waals surface area contributed by atoms with Gasteiger partial charge in [0.15, 0.2) is 0 Å². The molecule has 3 N–H and O–H groups in total. The number of epoxide rings is 2. The predicted octanol–water partition coefficient (Wildman–Crippen LogP) is 3.32. The lowest BCUT2D eigenvalue weighted by Crippen LogP contribution is -2.62. The van der Waals surface area contributed by atoms with Gasteiger partial charge < -0.3 is 34.9 Å². The third-order valence-electron chi connectivity index (χ3n) is 12.0. The third-order valence-corrected chi connectivity index (χ3v) is 12.0. The summed E-state index contributed by atoms with van der Waals surface area (Å²) in [6.45, 7) is 8.79. The summed E-state index contributed by atoms with van der Waals surface area (Å²) in [4.78, 5) is 39.3. The van der Waals surface area contributed by atoms with Gasteiger partial charge in [-0.25, -0.2) is 0 Å². The van der Waals surface area contributed by atoms with Crippen LogP contribution in [0.15, 0.2) is 11.6 Å². The molecule has 0 aromatic carbocycles. The maximum atomic E-state index is 14.0. The summed E-state index contributed by atoms with van der Waals surface area (Å²) in [5, 5.41) is 9.70. The Balaban J connectivity index is 0.998. The van der Waals surface area contributed by atoms with E-state index >= 15 is 0 Å². The number of rotatable bonds is 12. The Hall–Kier alpha value is -2.01. The minimum Gasteiger partial charge on any atom is -0.464 e. The van der Waals surface area contributed by atoms with Crippen LogP contribution < -0.4 is 16.0 Å². The zero-order valence-electron chi connectivity index (χ0n) is 27.1. The standard InChI is InChI=1S/C34H53N3O7/c1-22(2)8-9-25-31(3,44-25)27-26(41-4)23(10-11-34(27)21-43-34)37-30(40)33-15-12-32(13-16-33,14-17-33)29(39)36-19-6-20-42-28(38)24-7-5-18-35-24/h8,23-27,35H,5-7,9-21H2,1-4H3,(H,36,39)(H,37,40)/t23-,24+,25+,26-,27-,31-,32?,33?,34+/m1/s1. The van der Waals surface area contributed by atoms with E-state index in [1.165, 1.54) is 5.57 Å². The zero-order chi connectivity index (χ0) is 31.2. The lowest BCUT2D eigenvalue weighted by Gasteiger charge is -2.52. The second-order valence-corrected chi connectivity index (χ2v) is 14.9. The Morgan fingerprint density at radius 2 is 1.68 bits per heavy atom. The fraction of sp³-hybridized carbons (Fsp3) is 0.853. The molecule has 10 nitrogen and oxygen atoms in total. The Labute approximate surface area is 262 Å². The number of ether oxygens (including phenoxy) is 4. The monoisotopic (exact) mass is 615 g/mol. The number of methoxy groups -OCH3 is 1. The number of carbonyl (C=O) groups excluding carboxylic acids is 3. The molecule has 0 radical (unpaired) electrons. The molecule has 3 saturated heterocycles. The van der Waals surface area contributed by atoms with Crippen molar-refractivity contribution >= 4 is 17.8 Å². The van der Waals surface area contributed by atoms with Gasteiger partial charge in [0.2, 0.25) is 11.8 Å². The van der Waals surface area contributed by atoms with Crippen molar-refractivity contribution in [1.29, 1.82) is 0 Å². The summed E-state index contributed by atoms with van der Waals surface area (Å²) in [6.07, 6.45) is 11.6. The van der Waals surface area contributed by atoms with Crippen molar-refractivity contribution in [2.24, 2.45) is 16.7 Å². The number of allylic oxidation sites excluding steroid dienone is 1. The van der Waals surface area contributed by atoms with E-state index < -0.39 is 10.8 Å². The van der Waals surface area contributed by atoms with Crippen LogP contribution in [0.25, 0.3) is 0 Å². The Morgan fingerprint density at radius 1 is 1.00 bits per heavy atom. The van der Waals surface area contributed by atoms with Crippen LogP contribution in [0, 0.1) is 16.7 Å². The van der Waals surface area contributed by atoms with Gasteiger partial charge in [0.25, 0.3) is 0 Å². The number of esters is 1. The number of fused-ring (bicyclic) bond motifs is 3. The highest BCUT2D eigenvalue weighted by atomic mass is 16.6. The van der Waals surface area contributed by atoms with Gasteiger partial charge in [-0.15, -0.1) is 0 Å². The van der Waals surface area contributed by atoms with Crippen LogP contribution in [-0.4, -0.2) is 86.7 Å². The topological polar surface area (TPSA) is 131 Å². The van der Waals surface area contributed by atoms with Crippen LogP contribution in [-0.2, 0) is 33.3 Å². The molecule has 7 fully saturated rings. The average Bonchev–Trinajstić information content (AvgIpc) is 3.86. The molecule has 4 aliphatic carbocycles. The van der Waals surface area contributed by atoms with E-state index in [9.17, 15) is 14.4 Å². The van der Waals surface area contributed by atoms with Crippen LogP contribution in [0.2, 0.25) is 0 Å². The van der Waals surface area contributed by atoms with Crippen molar-refractivity contribution in [2.45, 2.75) is 133 Å². The molecule has 2 amide bonds. The first kappa shape index (κ1) is 32.0. The molecular formula is C34H53N3O7. The van der Waals surface area contributed by atoms with Gasteiger partial charge in [-0.1, -0.05) is 11.6 Å². The molecule has 0 aromatic rings. The number of nitrogens with one attached hydrogen (secondary N) is 3. The molecule has 10 heteroatoms. The van der Waals surface area contributed by atoms with Crippen molar-refractivity contribution in [2.75, 3.05) is 33.4 Å². The highest BCUT2D eigenvalue weighted by molar-refractivity contribution is 5.87. The van der Waals surface area contributed by atoms with Gasteiger partial charge in [-0.3, -0.25) is 14.4 Å². The minimum atomic E-state index is -0.421. The second kappa shape index (κ2) is 12.3. The molecule has 2 bridgehead atoms. The van der Waals surface area contributed by atoms with E-state index in [4.69, 9.17) is 18.9 Å². The van der Waals surface area contributed by atoms with Crippen LogP contribution in [0.1, 0.15) is 97.8 Å². The third kappa shape index (κ3) is 5.96. The van der Waals surface area contributed by atoms with Gasteiger partial charge in [-0.2, -0.15) is 0 Å². The van der Waals surface area contributed by atoms with Crippen LogP contribution in [0.3, 0.4) is 0 Å². The van der Waals surface area contributed by atoms with Gasteiger partial charge in [0.05, 0.1) is 37.1 Å². The van der Waals surface area contributed by atoms with Gasteiger partial charge >= 0.3 is 5.97 Å². The number of hydrogen-bond donors (Lipinski definition) is 3. The summed E-state index contributed by atoms with van der Waals surface area (Å²) in [5.74, 6) is 0.0659. The molecule has 0 aromatic heterocycles. The van der Waals surface area contributed by atoms with Crippen molar-refractivity contribution in [3.63, 3.8) is 0 Å². The Bertz CT molecular complexity index is 1120. The summed E-state index contributed by atoms with van der Waals surface area (Å²) in [7, 11) is 1.75. The highest BCUT2D eigenvalue weighted by Crippen LogP contribution is 2.60. The maximum absolute atomic E-state index is 14.0. The largest absolute Gasteiger partial charge is 0.464 e. The van der Waals surface area contributed by atoms with Crippen molar-refractivity contribution < 1.29 is 33.3 Å². The lowest BCUT2D eigenvalue weighted by molar-refractivity contribution is -0.153. The first-order chi connectivity index (χ1) is 21.1. The fourth-order valence-corrected chi connectivity index (χ4v) is 8.95. The lowest BCUT2D eigenvalue weighted by atomic mass is 9.53. The summed E-state index contributed by atoms with van der Waals surface area (Å²) in [6, 6.07) is -0.281. The normalized spacial score (nSPS) is 42.0. The highest BCUT2D eigenvalue weighted by Gasteiger charge is 2.72. The SMILES string of the molecule is CO[C@@H]1[C@H](NC(=O)C23CCC(C(=O)NCCCOC(=O)[C@@H]4CCCN4)(CC2)CC3)CC[C@]2(CO2)[C@H]1[C@]1(C)O[C@H]1CC=C(C)C. The summed E-state index contributed by atoms with van der Waals surface area (Å²) in [5.41, 5.74) is -0.0806. The molecule has 44 heavy (non-hydrogen) atoms. The Kier molecular flexibility index (Phi) is 8.93. The minimum absolute atomic E-state index is 0.0593. The maximum Gasteiger partial charge on any atom is 0.323 e. The molecule has 1 spiro atoms. The first-order valence-electron chi connectivity index (χ1n) is 17.0. The van der Waals surface area contributed by atoms with Crippen molar-refractivity contribution in [3.05, 3.63) is 11.6 Å². The van der Waals surface area contributed by atoms with Gasteiger partial charge in [0, 0.05) is 30.4 Å². The predicted molar refractivity (Wildman–Crippen MR) is 164 cm³/mol. The van der Waals surface area contributed by atoms with Gasteiger partial charge in [-0.05, 0) is 104 Å². The summed E-state index contributed by atoms with van der Waals surface area (Å²) < 4.78 is 24.0. The van der Waals surface area contributed by atoms with E-state index in [0.717, 1.165) is 83.8 Å². The summed E-state index contributed by atoms with van der Waals surface area (Å²) >= 11 is 0. The second-order valence-electron chi connectivity index (χ2n) is 14.9. The fourth-order valence-electron chi connectivity index (χ4n) is 8.95. The van der Waals surface area contributed by atoms with Crippen LogP contribution in [0.4, 0.5) is 0 Å². The van der Waals surface area contributed by atoms with E-state index in [1.54, 1.807) is 7.11 Å². The van der Waals surface area contributed by atoms with Crippen LogP contribution >= 0.6 is 0 Å². The molecule has 7 rings (SSSR count). The van der Waals surface area contributed by atoms with E-state index in [1.807, 2.05) is 0 Å². The molecular weight excluding hydrogens is 562 g/mol. The van der Waals surface area contributed by atoms with Crippen molar-refractivity contribution in [1.82, 2.24) is 16.0 Å². The number of hydrogen-bond acceptors (Lipinski definition) is 8. The first-order valence-corrected chi connectivity index (χ1v) is 17.0. The van der Waals surface area contributed by atoms with Crippen LogP contribution in [0.5, 0.6) is 0 Å². The molecule has 3 heterocycles. The molecule has 0 unspecified atom stereocenters. The number of amides is 2. The van der Waals surface area contributed by atoms with E-state index in [2.05, 4.69) is 42.8 Å². The zero-order valence-corrected chi connectivity index (χ0v) is 27.1. The van der Waals surface area contributed by atoms with E-state index in [0.29, 0.717) is 19.6 Å². The van der Waals surface area contributed by atoms with Gasteiger partial charge in [0.1, 0.15) is 11.6 Å². The average molecular weight is 616 g/mol. The number of carbonyl (C=O) groups is 3. The quantitative estimate of drug-likeness (QED) is 0.132. The molecule has 246 valence electrons. The molecule has 4 saturated carbocycles.